The maximum Gasteiger partial charge on any atom is 0.242 e. The Morgan fingerprint density at radius 2 is 1.47 bits per heavy atom. The van der Waals surface area contributed by atoms with E-state index in [9.17, 15) is 20.5 Å². The third kappa shape index (κ3) is 5.36. The lowest BCUT2D eigenvalue weighted by Gasteiger charge is -2.35. The van der Waals surface area contributed by atoms with E-state index in [1.54, 1.807) is 18.2 Å². The lowest BCUT2D eigenvalue weighted by atomic mass is 9.71. The molecule has 2 rings (SSSR count). The molecule has 0 bridgehead atoms. The van der Waals surface area contributed by atoms with Gasteiger partial charge in [0.05, 0.1) is 54.1 Å². The van der Waals surface area contributed by atoms with Crippen LogP contribution in [0.4, 0.5) is 0 Å². The molecule has 11 heteroatoms. The van der Waals surface area contributed by atoms with Crippen LogP contribution < -0.4 is 28.4 Å². The van der Waals surface area contributed by atoms with Gasteiger partial charge in [-0.15, -0.1) is 0 Å². The topological polar surface area (TPSA) is 143 Å². The second kappa shape index (κ2) is 12.6. The van der Waals surface area contributed by atoms with Crippen LogP contribution in [0.15, 0.2) is 24.3 Å². The van der Waals surface area contributed by atoms with Gasteiger partial charge in [-0.1, -0.05) is 13.0 Å². The van der Waals surface area contributed by atoms with Crippen LogP contribution in [-0.2, 0) is 11.0 Å². The average molecular weight is 533 g/mol. The van der Waals surface area contributed by atoms with E-state index in [1.807, 2.05) is 6.92 Å². The fourth-order valence-electron chi connectivity index (χ4n) is 4.66. The van der Waals surface area contributed by atoms with Gasteiger partial charge in [-0.05, 0) is 43.0 Å². The molecule has 2 aromatic rings. The van der Waals surface area contributed by atoms with E-state index in [0.717, 1.165) is 0 Å². The average Bonchev–Trinajstić information content (AvgIpc) is 2.95. The van der Waals surface area contributed by atoms with Gasteiger partial charge in [-0.2, -0.15) is 5.26 Å². The highest BCUT2D eigenvalue weighted by atomic mass is 16.6. The summed E-state index contributed by atoms with van der Waals surface area (Å²) in [7, 11) is 8.71. The van der Waals surface area contributed by atoms with E-state index in [-0.39, 0.29) is 29.9 Å². The van der Waals surface area contributed by atoms with Crippen molar-refractivity contribution in [2.75, 3.05) is 42.7 Å². The van der Waals surface area contributed by atoms with Crippen molar-refractivity contribution in [2.24, 2.45) is 0 Å². The highest BCUT2D eigenvalue weighted by Gasteiger charge is 2.47. The first-order valence-electron chi connectivity index (χ1n) is 11.9. The second-order valence-corrected chi connectivity index (χ2v) is 8.73. The molecule has 0 spiro atoms. The molecule has 0 aliphatic rings. The lowest BCUT2D eigenvalue weighted by molar-refractivity contribution is -0.544. The molecule has 1 N–H and O–H groups in total. The standard InChI is InChI=1S/C27H36N2O9/c1-9-26(16-28,19-15-22(35-5)24(37-7)25(38-8)23(19)36-6)12-13-27(30,17(2)29(31)32)18-10-11-20(33-3)21(14-18)34-4/h10-11,14-15,17,30H,9,12-13H2,1-8H3. The van der Waals surface area contributed by atoms with Crippen LogP contribution in [0.5, 0.6) is 34.5 Å². The maximum absolute atomic E-state index is 11.9. The van der Waals surface area contributed by atoms with Gasteiger partial charge in [0.25, 0.3) is 0 Å². The first kappa shape index (κ1) is 30.3. The molecule has 0 heterocycles. The van der Waals surface area contributed by atoms with Crippen LogP contribution in [0.25, 0.3) is 0 Å². The number of benzene rings is 2. The minimum atomic E-state index is -1.95. The molecule has 3 unspecified atom stereocenters. The van der Waals surface area contributed by atoms with E-state index in [2.05, 4.69) is 6.07 Å². The Bertz CT molecular complexity index is 1180. The van der Waals surface area contributed by atoms with Gasteiger partial charge < -0.3 is 33.5 Å². The van der Waals surface area contributed by atoms with E-state index in [1.165, 1.54) is 55.6 Å². The molecule has 2 aromatic carbocycles. The fraction of sp³-hybridized carbons (Fsp3) is 0.519. The van der Waals surface area contributed by atoms with E-state index in [0.29, 0.717) is 35.0 Å². The Labute approximate surface area is 222 Å². The molecule has 38 heavy (non-hydrogen) atoms. The van der Waals surface area contributed by atoms with Crippen LogP contribution >= 0.6 is 0 Å². The van der Waals surface area contributed by atoms with Gasteiger partial charge in [-0.25, -0.2) is 0 Å². The number of rotatable bonds is 14. The summed E-state index contributed by atoms with van der Waals surface area (Å²) in [4.78, 5) is 11.4. The number of ether oxygens (including phenoxy) is 6. The first-order chi connectivity index (χ1) is 18.1. The molecule has 0 aliphatic carbocycles. The second-order valence-electron chi connectivity index (χ2n) is 8.73. The maximum atomic E-state index is 11.9. The van der Waals surface area contributed by atoms with Crippen molar-refractivity contribution in [1.82, 2.24) is 0 Å². The summed E-state index contributed by atoms with van der Waals surface area (Å²) in [6.07, 6.45) is 0.206. The van der Waals surface area contributed by atoms with E-state index < -0.39 is 22.0 Å². The zero-order chi connectivity index (χ0) is 28.7. The quantitative estimate of drug-likeness (QED) is 0.277. The minimum Gasteiger partial charge on any atom is -0.493 e. The molecule has 0 saturated heterocycles. The molecule has 0 fully saturated rings. The SMILES string of the molecule is CCC(C#N)(CCC(O)(c1ccc(OC)c(OC)c1)C(C)[N+](=O)[O-])c1cc(OC)c(OC)c(OC)c1OC. The van der Waals surface area contributed by atoms with Crippen molar-refractivity contribution in [3.05, 3.63) is 45.5 Å². The third-order valence-electron chi connectivity index (χ3n) is 7.15. The molecule has 0 radical (unpaired) electrons. The number of nitriles is 1. The molecular formula is C27H36N2O9. The Balaban J connectivity index is 2.73. The summed E-state index contributed by atoms with van der Waals surface area (Å²) < 4.78 is 32.8. The van der Waals surface area contributed by atoms with Gasteiger partial charge in [0.2, 0.25) is 17.5 Å². The van der Waals surface area contributed by atoms with Gasteiger partial charge in [-0.3, -0.25) is 10.1 Å². The molecule has 0 saturated carbocycles. The van der Waals surface area contributed by atoms with Gasteiger partial charge in [0.1, 0.15) is 0 Å². The number of methoxy groups -OCH3 is 6. The zero-order valence-corrected chi connectivity index (χ0v) is 23.1. The summed E-state index contributed by atoms with van der Waals surface area (Å²) in [5, 5.41) is 34.3. The van der Waals surface area contributed by atoms with Crippen LogP contribution in [-0.4, -0.2) is 58.7 Å². The number of nitro groups is 1. The van der Waals surface area contributed by atoms with E-state index >= 15 is 0 Å². The number of hydrogen-bond acceptors (Lipinski definition) is 10. The molecular weight excluding hydrogens is 496 g/mol. The van der Waals surface area contributed by atoms with E-state index in [4.69, 9.17) is 28.4 Å². The molecule has 208 valence electrons. The largest absolute Gasteiger partial charge is 0.493 e. The smallest absolute Gasteiger partial charge is 0.242 e. The van der Waals surface area contributed by atoms with Crippen molar-refractivity contribution >= 4 is 0 Å². The molecule has 3 atom stereocenters. The monoisotopic (exact) mass is 532 g/mol. The van der Waals surface area contributed by atoms with Crippen molar-refractivity contribution in [3.63, 3.8) is 0 Å². The lowest BCUT2D eigenvalue weighted by Crippen LogP contribution is -2.44. The Morgan fingerprint density at radius 1 is 0.895 bits per heavy atom. The molecule has 0 aliphatic heterocycles. The normalized spacial score (nSPS) is 14.7. The summed E-state index contributed by atoms with van der Waals surface area (Å²) in [6.45, 7) is 3.15. The van der Waals surface area contributed by atoms with Gasteiger partial charge in [0.15, 0.2) is 28.6 Å². The van der Waals surface area contributed by atoms with Gasteiger partial charge >= 0.3 is 0 Å². The fourth-order valence-corrected chi connectivity index (χ4v) is 4.66. The summed E-state index contributed by atoms with van der Waals surface area (Å²) in [5.74, 6) is 1.85. The number of aliphatic hydroxyl groups is 1. The predicted octanol–water partition coefficient (Wildman–Crippen LogP) is 4.24. The molecule has 0 aromatic heterocycles. The highest BCUT2D eigenvalue weighted by molar-refractivity contribution is 5.65. The third-order valence-corrected chi connectivity index (χ3v) is 7.15. The van der Waals surface area contributed by atoms with Crippen molar-refractivity contribution in [2.45, 2.75) is 50.2 Å². The number of hydrogen-bond donors (Lipinski definition) is 1. The van der Waals surface area contributed by atoms with Crippen LogP contribution in [0.2, 0.25) is 0 Å². The summed E-state index contributed by atoms with van der Waals surface area (Å²) >= 11 is 0. The molecule has 0 amide bonds. The van der Waals surface area contributed by atoms with Gasteiger partial charge in [0, 0.05) is 17.4 Å². The predicted molar refractivity (Wildman–Crippen MR) is 139 cm³/mol. The zero-order valence-electron chi connectivity index (χ0n) is 23.1. The van der Waals surface area contributed by atoms with Crippen LogP contribution in [0, 0.1) is 21.4 Å². The van der Waals surface area contributed by atoms with Crippen LogP contribution in [0.1, 0.15) is 44.2 Å². The van der Waals surface area contributed by atoms with Crippen molar-refractivity contribution in [3.8, 4) is 40.6 Å². The first-order valence-corrected chi connectivity index (χ1v) is 11.9. The molecule has 11 nitrogen and oxygen atoms in total. The summed E-state index contributed by atoms with van der Waals surface area (Å²) in [6, 6.07) is 7.25. The minimum absolute atomic E-state index is 0.0397. The number of nitrogens with zero attached hydrogens (tertiary/aromatic N) is 2. The highest BCUT2D eigenvalue weighted by Crippen LogP contribution is 2.52. The van der Waals surface area contributed by atoms with Crippen molar-refractivity contribution < 1.29 is 38.5 Å². The Morgan fingerprint density at radius 3 is 1.92 bits per heavy atom. The Hall–Kier alpha value is -3.91. The van der Waals surface area contributed by atoms with Crippen LogP contribution in [0.3, 0.4) is 0 Å². The van der Waals surface area contributed by atoms with Crippen molar-refractivity contribution in [1.29, 1.82) is 5.26 Å². The Kier molecular flexibility index (Phi) is 10.0. The summed E-state index contributed by atoms with van der Waals surface area (Å²) in [5.41, 5.74) is -2.48.